The molecule has 1 N–H and O–H groups in total. The fourth-order valence-electron chi connectivity index (χ4n) is 1.95. The largest absolute Gasteiger partial charge is 0.352 e. The van der Waals surface area contributed by atoms with Crippen molar-refractivity contribution < 1.29 is 13.6 Å². The molecule has 0 atom stereocenters. The van der Waals surface area contributed by atoms with Crippen LogP contribution in [0.2, 0.25) is 0 Å². The van der Waals surface area contributed by atoms with Gasteiger partial charge in [0.2, 0.25) is 0 Å². The Kier molecular flexibility index (Phi) is 4.45. The molecule has 0 heterocycles. The lowest BCUT2D eigenvalue weighted by molar-refractivity contribution is 0.0953. The van der Waals surface area contributed by atoms with Gasteiger partial charge in [-0.3, -0.25) is 4.79 Å². The molecule has 4 heteroatoms. The minimum Gasteiger partial charge on any atom is -0.352 e. The zero-order valence-electron chi connectivity index (χ0n) is 11.1. The highest BCUT2D eigenvalue weighted by atomic mass is 19.1. The molecule has 0 saturated heterocycles. The molecule has 0 bridgehead atoms. The van der Waals surface area contributed by atoms with E-state index in [0.717, 1.165) is 5.56 Å². The van der Waals surface area contributed by atoms with Crippen molar-refractivity contribution in [1.29, 1.82) is 0 Å². The quantitative estimate of drug-likeness (QED) is 0.911. The third-order valence-corrected chi connectivity index (χ3v) is 3.05. The maximum Gasteiger partial charge on any atom is 0.251 e. The van der Waals surface area contributed by atoms with Crippen molar-refractivity contribution in [3.8, 4) is 0 Å². The first-order valence-electron chi connectivity index (χ1n) is 6.35. The fraction of sp³-hybridized carbons (Fsp3) is 0.188. The van der Waals surface area contributed by atoms with Gasteiger partial charge in [0.1, 0.15) is 11.6 Å². The van der Waals surface area contributed by atoms with Crippen LogP contribution in [0.25, 0.3) is 0 Å². The van der Waals surface area contributed by atoms with E-state index in [1.54, 1.807) is 19.1 Å². The van der Waals surface area contributed by atoms with E-state index in [9.17, 15) is 13.6 Å². The second-order valence-electron chi connectivity index (χ2n) is 4.59. The van der Waals surface area contributed by atoms with E-state index in [1.165, 1.54) is 30.3 Å². The number of aryl methyl sites for hydroxylation is 1. The van der Waals surface area contributed by atoms with Gasteiger partial charge in [-0.05, 0) is 54.8 Å². The van der Waals surface area contributed by atoms with E-state index in [4.69, 9.17) is 0 Å². The van der Waals surface area contributed by atoms with Crippen LogP contribution in [0, 0.1) is 18.6 Å². The Balaban J connectivity index is 1.90. The molecule has 2 nitrogen and oxygen atoms in total. The van der Waals surface area contributed by atoms with E-state index in [1.807, 2.05) is 0 Å². The van der Waals surface area contributed by atoms with Crippen LogP contribution in [0.3, 0.4) is 0 Å². The molecular formula is C16H15F2NO. The molecule has 2 aromatic rings. The predicted molar refractivity (Wildman–Crippen MR) is 73.6 cm³/mol. The molecule has 0 unspecified atom stereocenters. The van der Waals surface area contributed by atoms with Crippen LogP contribution < -0.4 is 5.32 Å². The lowest BCUT2D eigenvalue weighted by Crippen LogP contribution is -2.26. The first-order valence-corrected chi connectivity index (χ1v) is 6.35. The van der Waals surface area contributed by atoms with E-state index in [0.29, 0.717) is 24.1 Å². The van der Waals surface area contributed by atoms with Gasteiger partial charge in [0, 0.05) is 12.1 Å². The van der Waals surface area contributed by atoms with Crippen molar-refractivity contribution >= 4 is 5.91 Å². The number of amides is 1. The SMILES string of the molecule is Cc1cc(F)ccc1C(=O)NCCc1ccc(F)cc1. The maximum atomic E-state index is 13.0. The second-order valence-corrected chi connectivity index (χ2v) is 4.59. The van der Waals surface area contributed by atoms with Gasteiger partial charge in [0.25, 0.3) is 5.91 Å². The summed E-state index contributed by atoms with van der Waals surface area (Å²) in [4.78, 5) is 11.9. The van der Waals surface area contributed by atoms with Crippen LogP contribution >= 0.6 is 0 Å². The Bertz CT molecular complexity index is 608. The van der Waals surface area contributed by atoms with Gasteiger partial charge >= 0.3 is 0 Å². The van der Waals surface area contributed by atoms with Crippen molar-refractivity contribution in [2.24, 2.45) is 0 Å². The normalized spacial score (nSPS) is 10.3. The summed E-state index contributed by atoms with van der Waals surface area (Å²) in [5, 5.41) is 2.77. The van der Waals surface area contributed by atoms with Crippen LogP contribution in [0.4, 0.5) is 8.78 Å². The van der Waals surface area contributed by atoms with Gasteiger partial charge in [-0.2, -0.15) is 0 Å². The summed E-state index contributed by atoms with van der Waals surface area (Å²) < 4.78 is 25.7. The summed E-state index contributed by atoms with van der Waals surface area (Å²) in [7, 11) is 0. The van der Waals surface area contributed by atoms with Crippen LogP contribution in [-0.4, -0.2) is 12.5 Å². The fourth-order valence-corrected chi connectivity index (χ4v) is 1.95. The molecule has 2 rings (SSSR count). The molecule has 104 valence electrons. The molecule has 0 aliphatic carbocycles. The Hall–Kier alpha value is -2.23. The van der Waals surface area contributed by atoms with Crippen LogP contribution in [-0.2, 0) is 6.42 Å². The first-order chi connectivity index (χ1) is 9.56. The monoisotopic (exact) mass is 275 g/mol. The van der Waals surface area contributed by atoms with Crippen LogP contribution in [0.1, 0.15) is 21.5 Å². The predicted octanol–water partition coefficient (Wildman–Crippen LogP) is 3.25. The molecular weight excluding hydrogens is 260 g/mol. The standard InChI is InChI=1S/C16H15F2NO/c1-11-10-14(18)6-7-15(11)16(20)19-9-8-12-2-4-13(17)5-3-12/h2-7,10H,8-9H2,1H3,(H,19,20). The third kappa shape index (κ3) is 3.63. The number of carbonyl (C=O) groups is 1. The maximum absolute atomic E-state index is 13.0. The molecule has 0 fully saturated rings. The van der Waals surface area contributed by atoms with E-state index in [-0.39, 0.29) is 17.5 Å². The smallest absolute Gasteiger partial charge is 0.251 e. The number of hydrogen-bond acceptors (Lipinski definition) is 1. The molecule has 1 amide bonds. The van der Waals surface area contributed by atoms with E-state index in [2.05, 4.69) is 5.32 Å². The number of benzene rings is 2. The minimum absolute atomic E-state index is 0.232. The van der Waals surface area contributed by atoms with Crippen LogP contribution in [0.15, 0.2) is 42.5 Å². The lowest BCUT2D eigenvalue weighted by atomic mass is 10.1. The number of carbonyl (C=O) groups excluding carboxylic acids is 1. The molecule has 0 aliphatic rings. The number of halogens is 2. The highest BCUT2D eigenvalue weighted by molar-refractivity contribution is 5.95. The van der Waals surface area contributed by atoms with Crippen molar-refractivity contribution in [2.75, 3.05) is 6.54 Å². The van der Waals surface area contributed by atoms with Crippen LogP contribution in [0.5, 0.6) is 0 Å². The average molecular weight is 275 g/mol. The Morgan fingerprint density at radius 3 is 2.35 bits per heavy atom. The van der Waals surface area contributed by atoms with Gasteiger partial charge in [-0.1, -0.05) is 12.1 Å². The zero-order chi connectivity index (χ0) is 14.5. The van der Waals surface area contributed by atoms with E-state index < -0.39 is 0 Å². The number of nitrogens with one attached hydrogen (secondary N) is 1. The summed E-state index contributed by atoms with van der Waals surface area (Å²) >= 11 is 0. The second kappa shape index (κ2) is 6.28. The number of hydrogen-bond donors (Lipinski definition) is 1. The summed E-state index contributed by atoms with van der Waals surface area (Å²) in [6.07, 6.45) is 0.617. The third-order valence-electron chi connectivity index (χ3n) is 3.05. The highest BCUT2D eigenvalue weighted by Crippen LogP contribution is 2.10. The molecule has 0 radical (unpaired) electrons. The van der Waals surface area contributed by atoms with Crippen molar-refractivity contribution in [1.82, 2.24) is 5.32 Å². The van der Waals surface area contributed by atoms with Gasteiger partial charge in [0.15, 0.2) is 0 Å². The zero-order valence-corrected chi connectivity index (χ0v) is 11.1. The highest BCUT2D eigenvalue weighted by Gasteiger charge is 2.08. The van der Waals surface area contributed by atoms with Gasteiger partial charge < -0.3 is 5.32 Å². The molecule has 0 aromatic heterocycles. The molecule has 0 spiro atoms. The van der Waals surface area contributed by atoms with E-state index >= 15 is 0 Å². The average Bonchev–Trinajstić information content (AvgIpc) is 2.41. The van der Waals surface area contributed by atoms with Crippen molar-refractivity contribution in [3.05, 3.63) is 70.8 Å². The van der Waals surface area contributed by atoms with Gasteiger partial charge in [0.05, 0.1) is 0 Å². The summed E-state index contributed by atoms with van der Waals surface area (Å²) in [6, 6.07) is 10.2. The summed E-state index contributed by atoms with van der Waals surface area (Å²) in [6.45, 7) is 2.14. The Morgan fingerprint density at radius 2 is 1.70 bits per heavy atom. The van der Waals surface area contributed by atoms with Gasteiger partial charge in [-0.25, -0.2) is 8.78 Å². The Morgan fingerprint density at radius 1 is 1.05 bits per heavy atom. The first kappa shape index (κ1) is 14.2. The summed E-state index contributed by atoms with van der Waals surface area (Å²) in [5.41, 5.74) is 2.01. The number of rotatable bonds is 4. The lowest BCUT2D eigenvalue weighted by Gasteiger charge is -2.08. The van der Waals surface area contributed by atoms with Crippen molar-refractivity contribution in [2.45, 2.75) is 13.3 Å². The Labute approximate surface area is 116 Å². The van der Waals surface area contributed by atoms with Crippen molar-refractivity contribution in [3.63, 3.8) is 0 Å². The molecule has 0 saturated carbocycles. The minimum atomic E-state index is -0.356. The molecule has 2 aromatic carbocycles. The summed E-state index contributed by atoms with van der Waals surface area (Å²) in [5.74, 6) is -0.866. The topological polar surface area (TPSA) is 29.1 Å². The molecule has 20 heavy (non-hydrogen) atoms. The van der Waals surface area contributed by atoms with Gasteiger partial charge in [-0.15, -0.1) is 0 Å². The molecule has 0 aliphatic heterocycles.